The number of halogens is 1. The number of nitrogen functional groups attached to an aromatic ring is 1. The van der Waals surface area contributed by atoms with Gasteiger partial charge in [0.15, 0.2) is 5.69 Å². The Kier molecular flexibility index (Phi) is 3.96. The van der Waals surface area contributed by atoms with E-state index in [1.165, 1.54) is 0 Å². The van der Waals surface area contributed by atoms with Crippen molar-refractivity contribution in [3.05, 3.63) is 29.6 Å². The first kappa shape index (κ1) is 13.3. The van der Waals surface area contributed by atoms with Crippen LogP contribution in [-0.2, 0) is 4.74 Å². The Balaban J connectivity index is 0.00000144. The van der Waals surface area contributed by atoms with Crippen molar-refractivity contribution < 1.29 is 9.53 Å². The summed E-state index contributed by atoms with van der Waals surface area (Å²) >= 11 is 0. The van der Waals surface area contributed by atoms with E-state index in [1.807, 2.05) is 0 Å². The van der Waals surface area contributed by atoms with Crippen molar-refractivity contribution in [2.45, 2.75) is 13.8 Å². The molecule has 0 radical (unpaired) electrons. The van der Waals surface area contributed by atoms with Crippen molar-refractivity contribution in [1.29, 1.82) is 0 Å². The first-order valence-electron chi connectivity index (χ1n) is 5.05. The van der Waals surface area contributed by atoms with E-state index in [9.17, 15) is 4.79 Å². The van der Waals surface area contributed by atoms with Crippen molar-refractivity contribution in [1.82, 2.24) is 9.38 Å². The van der Waals surface area contributed by atoms with Crippen LogP contribution in [0.25, 0.3) is 5.65 Å². The van der Waals surface area contributed by atoms with Crippen LogP contribution < -0.4 is 5.73 Å². The van der Waals surface area contributed by atoms with Gasteiger partial charge in [-0.05, 0) is 26.0 Å². The lowest BCUT2D eigenvalue weighted by molar-refractivity contribution is 0.0517. The summed E-state index contributed by atoms with van der Waals surface area (Å²) in [5.74, 6) is 0.0755. The highest BCUT2D eigenvalue weighted by Gasteiger charge is 2.18. The second-order valence-electron chi connectivity index (χ2n) is 3.41. The number of nitrogens with zero attached hydrogens (tertiary/aromatic N) is 2. The Morgan fingerprint density at radius 1 is 1.53 bits per heavy atom. The van der Waals surface area contributed by atoms with Crippen LogP contribution in [0.5, 0.6) is 0 Å². The Bertz CT molecular complexity index is 551. The minimum atomic E-state index is -0.398. The van der Waals surface area contributed by atoms with Gasteiger partial charge >= 0.3 is 5.97 Å². The number of carbonyl (C=O) groups is 1. The van der Waals surface area contributed by atoms with E-state index < -0.39 is 5.97 Å². The van der Waals surface area contributed by atoms with Gasteiger partial charge in [0.1, 0.15) is 11.5 Å². The maximum atomic E-state index is 11.8. The van der Waals surface area contributed by atoms with Crippen LogP contribution in [0.2, 0.25) is 0 Å². The molecule has 92 valence electrons. The number of anilines is 1. The lowest BCUT2D eigenvalue weighted by Crippen LogP contribution is -2.11. The lowest BCUT2D eigenvalue weighted by Gasteiger charge is -2.04. The number of esters is 1. The van der Waals surface area contributed by atoms with Crippen LogP contribution in [0.3, 0.4) is 0 Å². The summed E-state index contributed by atoms with van der Waals surface area (Å²) in [7, 11) is 0. The van der Waals surface area contributed by atoms with Crippen LogP contribution in [0.1, 0.15) is 23.1 Å². The molecule has 0 amide bonds. The van der Waals surface area contributed by atoms with Crippen LogP contribution in [0.15, 0.2) is 18.2 Å². The van der Waals surface area contributed by atoms with E-state index in [0.717, 1.165) is 0 Å². The summed E-state index contributed by atoms with van der Waals surface area (Å²) in [6.45, 7) is 3.86. The standard InChI is InChI=1S/C11H13N3O2.ClH/c1-3-16-11(15)10-7(2)13-9-6-4-5-8(12)14(9)10;/h4-6H,3,12H2,1-2H3;1H. The Labute approximate surface area is 105 Å². The number of carbonyl (C=O) groups excluding carboxylic acids is 1. The molecular weight excluding hydrogens is 242 g/mol. The fourth-order valence-corrected chi connectivity index (χ4v) is 1.67. The molecule has 0 aliphatic carbocycles. The van der Waals surface area contributed by atoms with Gasteiger partial charge in [-0.1, -0.05) is 6.07 Å². The number of hydrogen-bond donors (Lipinski definition) is 1. The summed E-state index contributed by atoms with van der Waals surface area (Å²) in [5.41, 5.74) is 7.49. The number of nitrogens with two attached hydrogens (primary N) is 1. The Morgan fingerprint density at radius 2 is 2.24 bits per heavy atom. The van der Waals surface area contributed by atoms with Gasteiger partial charge in [-0.2, -0.15) is 0 Å². The third kappa shape index (κ3) is 2.19. The number of rotatable bonds is 2. The van der Waals surface area contributed by atoms with Gasteiger partial charge in [-0.3, -0.25) is 4.40 Å². The molecule has 0 atom stereocenters. The molecule has 5 nitrogen and oxygen atoms in total. The summed E-state index contributed by atoms with van der Waals surface area (Å²) in [4.78, 5) is 16.0. The summed E-state index contributed by atoms with van der Waals surface area (Å²) in [6.07, 6.45) is 0. The average Bonchev–Trinajstić information content (AvgIpc) is 2.56. The molecule has 17 heavy (non-hydrogen) atoms. The van der Waals surface area contributed by atoms with Crippen molar-refractivity contribution in [3.8, 4) is 0 Å². The van der Waals surface area contributed by atoms with E-state index in [-0.39, 0.29) is 12.4 Å². The highest BCUT2D eigenvalue weighted by Crippen LogP contribution is 2.17. The lowest BCUT2D eigenvalue weighted by atomic mass is 10.3. The van der Waals surface area contributed by atoms with Crippen LogP contribution in [-0.4, -0.2) is 22.0 Å². The highest BCUT2D eigenvalue weighted by atomic mass is 35.5. The third-order valence-electron chi connectivity index (χ3n) is 2.32. The molecule has 2 aromatic heterocycles. The predicted octanol–water partition coefficient (Wildman–Crippen LogP) is 1.82. The van der Waals surface area contributed by atoms with E-state index >= 15 is 0 Å². The number of imidazole rings is 1. The molecule has 2 aromatic rings. The first-order chi connectivity index (χ1) is 7.65. The predicted molar refractivity (Wildman–Crippen MR) is 67.5 cm³/mol. The van der Waals surface area contributed by atoms with Crippen molar-refractivity contribution >= 4 is 29.8 Å². The van der Waals surface area contributed by atoms with Gasteiger partial charge in [-0.15, -0.1) is 12.4 Å². The average molecular weight is 256 g/mol. The molecule has 0 fully saturated rings. The summed E-state index contributed by atoms with van der Waals surface area (Å²) < 4.78 is 6.58. The van der Waals surface area contributed by atoms with Gasteiger partial charge in [-0.25, -0.2) is 9.78 Å². The van der Waals surface area contributed by atoms with E-state index in [1.54, 1.807) is 36.4 Å². The number of aromatic nitrogens is 2. The van der Waals surface area contributed by atoms with Gasteiger partial charge in [0.05, 0.1) is 12.3 Å². The maximum absolute atomic E-state index is 11.8. The fourth-order valence-electron chi connectivity index (χ4n) is 1.67. The fraction of sp³-hybridized carbons (Fsp3) is 0.273. The quantitative estimate of drug-likeness (QED) is 0.831. The summed E-state index contributed by atoms with van der Waals surface area (Å²) in [5, 5.41) is 0. The number of hydrogen-bond acceptors (Lipinski definition) is 4. The van der Waals surface area contributed by atoms with Gasteiger partial charge in [0, 0.05) is 0 Å². The SMILES string of the molecule is CCOC(=O)c1c(C)nc2cccc(N)n12.Cl. The Hall–Kier alpha value is -1.75. The minimum Gasteiger partial charge on any atom is -0.461 e. The second-order valence-corrected chi connectivity index (χ2v) is 3.41. The number of ether oxygens (including phenoxy) is 1. The third-order valence-corrected chi connectivity index (χ3v) is 2.32. The molecule has 0 unspecified atom stereocenters. The zero-order valence-electron chi connectivity index (χ0n) is 9.64. The normalized spacial score (nSPS) is 10.0. The molecule has 2 rings (SSSR count). The molecule has 0 aliphatic heterocycles. The molecule has 0 saturated carbocycles. The second kappa shape index (κ2) is 5.05. The molecule has 0 bridgehead atoms. The van der Waals surface area contributed by atoms with Crippen molar-refractivity contribution in [3.63, 3.8) is 0 Å². The number of fused-ring (bicyclic) bond motifs is 1. The molecule has 2 heterocycles. The number of aryl methyl sites for hydroxylation is 1. The monoisotopic (exact) mass is 255 g/mol. The van der Waals surface area contributed by atoms with Crippen LogP contribution >= 0.6 is 12.4 Å². The highest BCUT2D eigenvalue weighted by molar-refractivity contribution is 5.90. The van der Waals surface area contributed by atoms with E-state index in [2.05, 4.69) is 4.98 Å². The van der Waals surface area contributed by atoms with Gasteiger partial charge in [0.2, 0.25) is 0 Å². The molecule has 0 spiro atoms. The largest absolute Gasteiger partial charge is 0.461 e. The maximum Gasteiger partial charge on any atom is 0.357 e. The first-order valence-corrected chi connectivity index (χ1v) is 5.05. The minimum absolute atomic E-state index is 0. The van der Waals surface area contributed by atoms with Crippen LogP contribution in [0.4, 0.5) is 5.82 Å². The zero-order chi connectivity index (χ0) is 11.7. The van der Waals surface area contributed by atoms with E-state index in [4.69, 9.17) is 10.5 Å². The molecule has 6 heteroatoms. The number of pyridine rings is 1. The smallest absolute Gasteiger partial charge is 0.357 e. The molecule has 0 aliphatic rings. The van der Waals surface area contributed by atoms with Crippen molar-refractivity contribution in [2.24, 2.45) is 0 Å². The van der Waals surface area contributed by atoms with E-state index in [0.29, 0.717) is 29.5 Å². The zero-order valence-corrected chi connectivity index (χ0v) is 10.5. The van der Waals surface area contributed by atoms with Crippen molar-refractivity contribution in [2.75, 3.05) is 12.3 Å². The topological polar surface area (TPSA) is 69.6 Å². The molecule has 0 saturated heterocycles. The Morgan fingerprint density at radius 3 is 2.88 bits per heavy atom. The molecule has 0 aromatic carbocycles. The molecule has 2 N–H and O–H groups in total. The van der Waals surface area contributed by atoms with Gasteiger partial charge < -0.3 is 10.5 Å². The van der Waals surface area contributed by atoms with Gasteiger partial charge in [0.25, 0.3) is 0 Å². The molecular formula is C11H14ClN3O2. The summed E-state index contributed by atoms with van der Waals surface area (Å²) in [6, 6.07) is 5.31. The van der Waals surface area contributed by atoms with Crippen LogP contribution in [0, 0.1) is 6.92 Å².